The molecule has 26 heavy (non-hydrogen) atoms. The zero-order valence-electron chi connectivity index (χ0n) is 15.0. The van der Waals surface area contributed by atoms with Crippen molar-refractivity contribution in [2.24, 2.45) is 0 Å². The van der Waals surface area contributed by atoms with Crippen molar-refractivity contribution in [1.29, 1.82) is 0 Å². The molecule has 0 aliphatic heterocycles. The zero-order valence-corrected chi connectivity index (χ0v) is 15.0. The molecule has 0 spiro atoms. The number of aromatic nitrogens is 2. The standard InChI is InChI=1S/C18H22N4O4/c1-12-10-20-22(11-12)16-6-4-15(5-7-16)17(24)21(13(2)18(25)26)9-8-19-14(3)23/h4-7,10-11,13H,8-9H2,1-3H3,(H,19,23)(H,25,26). The number of rotatable bonds is 7. The van der Waals surface area contributed by atoms with Crippen molar-refractivity contribution in [2.75, 3.05) is 13.1 Å². The first kappa shape index (κ1) is 19.2. The molecule has 8 nitrogen and oxygen atoms in total. The maximum absolute atomic E-state index is 12.7. The number of amides is 2. The number of aryl methyl sites for hydroxylation is 1. The Balaban J connectivity index is 2.18. The number of benzene rings is 1. The summed E-state index contributed by atoms with van der Waals surface area (Å²) in [6.45, 7) is 5.02. The lowest BCUT2D eigenvalue weighted by Crippen LogP contribution is -2.46. The summed E-state index contributed by atoms with van der Waals surface area (Å²) in [5, 5.41) is 16.0. The van der Waals surface area contributed by atoms with Crippen molar-refractivity contribution >= 4 is 17.8 Å². The smallest absolute Gasteiger partial charge is 0.326 e. The first-order chi connectivity index (χ1) is 12.3. The molecule has 1 atom stereocenters. The van der Waals surface area contributed by atoms with Gasteiger partial charge in [0.2, 0.25) is 5.91 Å². The Hall–Kier alpha value is -3.16. The summed E-state index contributed by atoms with van der Waals surface area (Å²) in [7, 11) is 0. The highest BCUT2D eigenvalue weighted by Gasteiger charge is 2.26. The summed E-state index contributed by atoms with van der Waals surface area (Å²) in [5.41, 5.74) is 2.18. The SMILES string of the molecule is CC(=O)NCCN(C(=O)c1ccc(-n2cc(C)cn2)cc1)C(C)C(=O)O. The molecular formula is C18H22N4O4. The van der Waals surface area contributed by atoms with Gasteiger partial charge in [0.1, 0.15) is 6.04 Å². The van der Waals surface area contributed by atoms with E-state index in [0.29, 0.717) is 5.56 Å². The molecule has 1 aromatic heterocycles. The summed E-state index contributed by atoms with van der Waals surface area (Å²) in [5.74, 6) is -1.75. The van der Waals surface area contributed by atoms with E-state index in [-0.39, 0.29) is 19.0 Å². The molecule has 0 saturated heterocycles. The molecule has 1 aromatic carbocycles. The van der Waals surface area contributed by atoms with Gasteiger partial charge < -0.3 is 15.3 Å². The van der Waals surface area contributed by atoms with Crippen LogP contribution in [0.5, 0.6) is 0 Å². The maximum Gasteiger partial charge on any atom is 0.326 e. The molecule has 0 fully saturated rings. The van der Waals surface area contributed by atoms with Crippen molar-refractivity contribution in [1.82, 2.24) is 20.0 Å². The van der Waals surface area contributed by atoms with E-state index in [1.807, 2.05) is 13.1 Å². The Morgan fingerprint density at radius 2 is 1.92 bits per heavy atom. The molecule has 0 radical (unpaired) electrons. The predicted molar refractivity (Wildman–Crippen MR) is 95.1 cm³/mol. The topological polar surface area (TPSA) is 105 Å². The van der Waals surface area contributed by atoms with Crippen LogP contribution in [0.25, 0.3) is 5.69 Å². The fourth-order valence-corrected chi connectivity index (χ4v) is 2.43. The quantitative estimate of drug-likeness (QED) is 0.775. The van der Waals surface area contributed by atoms with Crippen molar-refractivity contribution in [3.05, 3.63) is 47.8 Å². The molecule has 1 heterocycles. The minimum Gasteiger partial charge on any atom is -0.480 e. The van der Waals surface area contributed by atoms with Crippen LogP contribution in [-0.4, -0.2) is 56.7 Å². The van der Waals surface area contributed by atoms with Crippen LogP contribution in [0.1, 0.15) is 29.8 Å². The summed E-state index contributed by atoms with van der Waals surface area (Å²) in [6, 6.07) is 5.75. The lowest BCUT2D eigenvalue weighted by molar-refractivity contribution is -0.141. The number of hydrogen-bond donors (Lipinski definition) is 2. The minimum absolute atomic E-state index is 0.103. The van der Waals surface area contributed by atoms with E-state index in [4.69, 9.17) is 0 Å². The first-order valence-electron chi connectivity index (χ1n) is 8.19. The molecule has 0 saturated carbocycles. The van der Waals surface area contributed by atoms with E-state index in [1.165, 1.54) is 18.7 Å². The van der Waals surface area contributed by atoms with Gasteiger partial charge in [-0.15, -0.1) is 0 Å². The summed E-state index contributed by atoms with van der Waals surface area (Å²) in [6.07, 6.45) is 3.60. The summed E-state index contributed by atoms with van der Waals surface area (Å²) in [4.78, 5) is 36.3. The van der Waals surface area contributed by atoms with E-state index in [9.17, 15) is 19.5 Å². The summed E-state index contributed by atoms with van der Waals surface area (Å²) >= 11 is 0. The highest BCUT2D eigenvalue weighted by atomic mass is 16.4. The predicted octanol–water partition coefficient (Wildman–Crippen LogP) is 1.23. The molecule has 0 aliphatic carbocycles. The van der Waals surface area contributed by atoms with Crippen molar-refractivity contribution in [3.63, 3.8) is 0 Å². The fraction of sp³-hybridized carbons (Fsp3) is 0.333. The molecule has 2 N–H and O–H groups in total. The van der Waals surface area contributed by atoms with Gasteiger partial charge in [0.15, 0.2) is 0 Å². The van der Waals surface area contributed by atoms with Crippen molar-refractivity contribution < 1.29 is 19.5 Å². The number of carbonyl (C=O) groups excluding carboxylic acids is 2. The number of nitrogens with zero attached hydrogens (tertiary/aromatic N) is 3. The van der Waals surface area contributed by atoms with Crippen LogP contribution in [-0.2, 0) is 9.59 Å². The van der Waals surface area contributed by atoms with Gasteiger partial charge in [-0.1, -0.05) is 0 Å². The van der Waals surface area contributed by atoms with Gasteiger partial charge in [0.25, 0.3) is 5.91 Å². The van der Waals surface area contributed by atoms with Gasteiger partial charge in [-0.05, 0) is 43.7 Å². The second-order valence-corrected chi connectivity index (χ2v) is 6.00. The third kappa shape index (κ3) is 4.69. The molecular weight excluding hydrogens is 336 g/mol. The highest BCUT2D eigenvalue weighted by molar-refractivity contribution is 5.96. The van der Waals surface area contributed by atoms with Crippen LogP contribution in [0.2, 0.25) is 0 Å². The Morgan fingerprint density at radius 3 is 2.42 bits per heavy atom. The third-order valence-corrected chi connectivity index (χ3v) is 3.90. The maximum atomic E-state index is 12.7. The molecule has 0 bridgehead atoms. The van der Waals surface area contributed by atoms with Gasteiger partial charge >= 0.3 is 5.97 Å². The molecule has 8 heteroatoms. The summed E-state index contributed by atoms with van der Waals surface area (Å²) < 4.78 is 1.69. The average Bonchev–Trinajstić information content (AvgIpc) is 3.04. The number of nitrogens with one attached hydrogen (secondary N) is 1. The van der Waals surface area contributed by atoms with E-state index in [2.05, 4.69) is 10.4 Å². The normalized spacial score (nSPS) is 11.7. The Bertz CT molecular complexity index is 798. The molecule has 2 amide bonds. The monoisotopic (exact) mass is 358 g/mol. The van der Waals surface area contributed by atoms with Crippen molar-refractivity contribution in [2.45, 2.75) is 26.8 Å². The van der Waals surface area contributed by atoms with Crippen molar-refractivity contribution in [3.8, 4) is 5.69 Å². The molecule has 138 valence electrons. The number of aliphatic carboxylic acids is 1. The van der Waals surface area contributed by atoms with Crippen LogP contribution in [0.15, 0.2) is 36.7 Å². The fourth-order valence-electron chi connectivity index (χ4n) is 2.43. The van der Waals surface area contributed by atoms with Gasteiger partial charge in [0.05, 0.1) is 11.9 Å². The largest absolute Gasteiger partial charge is 0.480 e. The van der Waals surface area contributed by atoms with Gasteiger partial charge in [-0.25, -0.2) is 9.48 Å². The van der Waals surface area contributed by atoms with E-state index in [1.54, 1.807) is 35.1 Å². The Morgan fingerprint density at radius 1 is 1.27 bits per heavy atom. The lowest BCUT2D eigenvalue weighted by atomic mass is 10.1. The first-order valence-corrected chi connectivity index (χ1v) is 8.19. The Labute approximate surface area is 151 Å². The van der Waals surface area contributed by atoms with Crippen LogP contribution < -0.4 is 5.32 Å². The van der Waals surface area contributed by atoms with Crippen LogP contribution in [0, 0.1) is 6.92 Å². The molecule has 2 rings (SSSR count). The van der Waals surface area contributed by atoms with Gasteiger partial charge in [-0.3, -0.25) is 9.59 Å². The average molecular weight is 358 g/mol. The van der Waals surface area contributed by atoms with E-state index < -0.39 is 17.9 Å². The second kappa shape index (κ2) is 8.28. The number of carbonyl (C=O) groups is 3. The minimum atomic E-state index is -1.11. The van der Waals surface area contributed by atoms with E-state index in [0.717, 1.165) is 11.3 Å². The number of carboxylic acids is 1. The molecule has 2 aromatic rings. The van der Waals surface area contributed by atoms with Gasteiger partial charge in [0, 0.05) is 31.8 Å². The second-order valence-electron chi connectivity index (χ2n) is 6.00. The zero-order chi connectivity index (χ0) is 19.3. The molecule has 1 unspecified atom stereocenters. The third-order valence-electron chi connectivity index (χ3n) is 3.90. The number of hydrogen-bond acceptors (Lipinski definition) is 4. The van der Waals surface area contributed by atoms with Crippen LogP contribution in [0.3, 0.4) is 0 Å². The van der Waals surface area contributed by atoms with E-state index >= 15 is 0 Å². The highest BCUT2D eigenvalue weighted by Crippen LogP contribution is 2.13. The molecule has 0 aliphatic rings. The Kier molecular flexibility index (Phi) is 6.11. The number of carboxylic acid groups (broad SMARTS) is 1. The van der Waals surface area contributed by atoms with Crippen LogP contribution >= 0.6 is 0 Å². The van der Waals surface area contributed by atoms with Crippen LogP contribution in [0.4, 0.5) is 0 Å². The lowest BCUT2D eigenvalue weighted by Gasteiger charge is -2.26. The van der Waals surface area contributed by atoms with Gasteiger partial charge in [-0.2, -0.15) is 5.10 Å².